The van der Waals surface area contributed by atoms with Gasteiger partial charge in [-0.3, -0.25) is 0 Å². The van der Waals surface area contributed by atoms with Crippen molar-refractivity contribution < 1.29 is 0 Å². The molecule has 1 fully saturated rings. The maximum Gasteiger partial charge on any atom is 0.155 e. The summed E-state index contributed by atoms with van der Waals surface area (Å²) in [4.78, 5) is 4.58. The Morgan fingerprint density at radius 2 is 2.19 bits per heavy atom. The Labute approximate surface area is 98.6 Å². The first kappa shape index (κ1) is 10.1. The summed E-state index contributed by atoms with van der Waals surface area (Å²) in [7, 11) is 0. The van der Waals surface area contributed by atoms with Gasteiger partial charge in [-0.2, -0.15) is 5.10 Å². The molecule has 2 aromatic heterocycles. The second-order valence-electron chi connectivity index (χ2n) is 4.11. The van der Waals surface area contributed by atoms with Crippen LogP contribution in [0.5, 0.6) is 0 Å². The Bertz CT molecular complexity index is 502. The third-order valence-corrected chi connectivity index (χ3v) is 3.44. The molecule has 0 amide bonds. The molecule has 1 aliphatic heterocycles. The van der Waals surface area contributed by atoms with Crippen LogP contribution in [0.2, 0.25) is 5.15 Å². The summed E-state index contributed by atoms with van der Waals surface area (Å²) in [5, 5.41) is 8.22. The van der Waals surface area contributed by atoms with E-state index in [1.165, 1.54) is 0 Å². The lowest BCUT2D eigenvalue weighted by molar-refractivity contribution is 0.454. The third-order valence-electron chi connectivity index (χ3n) is 3.09. The fraction of sp³-hybridized carbons (Fsp3) is 0.455. The third kappa shape index (κ3) is 1.58. The predicted molar refractivity (Wildman–Crippen MR) is 62.8 cm³/mol. The number of fused-ring (bicyclic) bond motifs is 1. The van der Waals surface area contributed by atoms with E-state index in [1.54, 1.807) is 10.7 Å². The lowest BCUT2D eigenvalue weighted by Gasteiger charge is -2.20. The van der Waals surface area contributed by atoms with E-state index >= 15 is 0 Å². The first-order valence-electron chi connectivity index (χ1n) is 5.56. The lowest BCUT2D eigenvalue weighted by atomic mass is 9.95. The van der Waals surface area contributed by atoms with E-state index in [9.17, 15) is 0 Å². The van der Waals surface area contributed by atoms with Gasteiger partial charge in [0.15, 0.2) is 10.8 Å². The van der Waals surface area contributed by atoms with Gasteiger partial charge in [-0.15, -0.1) is 0 Å². The first-order valence-corrected chi connectivity index (χ1v) is 5.94. The van der Waals surface area contributed by atoms with Gasteiger partial charge >= 0.3 is 0 Å². The van der Waals surface area contributed by atoms with Crippen LogP contribution in [0.4, 0.5) is 0 Å². The minimum atomic E-state index is 0.468. The van der Waals surface area contributed by atoms with Crippen LogP contribution in [0.1, 0.15) is 24.5 Å². The van der Waals surface area contributed by atoms with Crippen molar-refractivity contribution in [2.45, 2.75) is 18.8 Å². The summed E-state index contributed by atoms with van der Waals surface area (Å²) < 4.78 is 1.71. The van der Waals surface area contributed by atoms with Crippen LogP contribution in [0, 0.1) is 0 Å². The van der Waals surface area contributed by atoms with Crippen LogP contribution < -0.4 is 5.32 Å². The molecule has 16 heavy (non-hydrogen) atoms. The average Bonchev–Trinajstić information content (AvgIpc) is 2.69. The van der Waals surface area contributed by atoms with Gasteiger partial charge in [-0.1, -0.05) is 11.6 Å². The summed E-state index contributed by atoms with van der Waals surface area (Å²) >= 11 is 6.31. The molecule has 84 valence electrons. The molecule has 0 bridgehead atoms. The molecule has 3 rings (SSSR count). The Morgan fingerprint density at radius 1 is 1.38 bits per heavy atom. The Hall–Kier alpha value is -1.13. The molecule has 0 unspecified atom stereocenters. The topological polar surface area (TPSA) is 42.2 Å². The Morgan fingerprint density at radius 3 is 2.94 bits per heavy atom. The van der Waals surface area contributed by atoms with Gasteiger partial charge in [0.25, 0.3) is 0 Å². The summed E-state index contributed by atoms with van der Waals surface area (Å²) in [6.07, 6.45) is 3.93. The van der Waals surface area contributed by atoms with Crippen LogP contribution in [-0.2, 0) is 0 Å². The fourth-order valence-electron chi connectivity index (χ4n) is 2.23. The fourth-order valence-corrected chi connectivity index (χ4v) is 2.56. The van der Waals surface area contributed by atoms with Gasteiger partial charge in [-0.05, 0) is 38.1 Å². The van der Waals surface area contributed by atoms with Crippen LogP contribution in [0.3, 0.4) is 0 Å². The highest BCUT2D eigenvalue weighted by atomic mass is 35.5. The normalized spacial score (nSPS) is 18.1. The zero-order chi connectivity index (χ0) is 11.0. The van der Waals surface area contributed by atoms with E-state index < -0.39 is 0 Å². The van der Waals surface area contributed by atoms with E-state index in [2.05, 4.69) is 15.4 Å². The number of rotatable bonds is 1. The minimum Gasteiger partial charge on any atom is -0.317 e. The van der Waals surface area contributed by atoms with Crippen molar-refractivity contribution in [1.82, 2.24) is 19.9 Å². The molecule has 1 saturated heterocycles. The monoisotopic (exact) mass is 236 g/mol. The Kier molecular flexibility index (Phi) is 2.53. The van der Waals surface area contributed by atoms with Crippen molar-refractivity contribution in [3.63, 3.8) is 0 Å². The maximum atomic E-state index is 6.31. The van der Waals surface area contributed by atoms with E-state index in [0.29, 0.717) is 11.1 Å². The summed E-state index contributed by atoms with van der Waals surface area (Å²) in [6, 6.07) is 3.81. The zero-order valence-electron chi connectivity index (χ0n) is 8.86. The highest BCUT2D eigenvalue weighted by Crippen LogP contribution is 2.30. The SMILES string of the molecule is Clc1c(C2CCNCC2)nc2cccnn12. The zero-order valence-corrected chi connectivity index (χ0v) is 9.61. The van der Waals surface area contributed by atoms with Crippen LogP contribution in [0.15, 0.2) is 18.3 Å². The van der Waals surface area contributed by atoms with Crippen LogP contribution >= 0.6 is 11.6 Å². The van der Waals surface area contributed by atoms with E-state index in [4.69, 9.17) is 11.6 Å². The molecule has 0 spiro atoms. The van der Waals surface area contributed by atoms with Crippen molar-refractivity contribution in [3.8, 4) is 0 Å². The molecule has 0 aromatic carbocycles. The molecule has 0 atom stereocenters. The Balaban J connectivity index is 2.05. The summed E-state index contributed by atoms with van der Waals surface area (Å²) in [5.74, 6) is 0.468. The average molecular weight is 237 g/mol. The first-order chi connectivity index (χ1) is 7.86. The number of hydrogen-bond donors (Lipinski definition) is 1. The molecule has 0 aliphatic carbocycles. The van der Waals surface area contributed by atoms with Gasteiger partial charge in [0, 0.05) is 12.1 Å². The number of hydrogen-bond acceptors (Lipinski definition) is 3. The van der Waals surface area contributed by atoms with E-state index in [1.807, 2.05) is 12.1 Å². The number of nitrogens with zero attached hydrogens (tertiary/aromatic N) is 3. The van der Waals surface area contributed by atoms with Gasteiger partial charge in [0.05, 0.1) is 5.69 Å². The number of halogens is 1. The van der Waals surface area contributed by atoms with Crippen molar-refractivity contribution in [2.75, 3.05) is 13.1 Å². The molecule has 1 aliphatic rings. The molecule has 1 N–H and O–H groups in total. The molecule has 0 radical (unpaired) electrons. The number of nitrogens with one attached hydrogen (secondary N) is 1. The number of aromatic nitrogens is 3. The second-order valence-corrected chi connectivity index (χ2v) is 4.46. The molecular weight excluding hydrogens is 224 g/mol. The molecule has 4 nitrogen and oxygen atoms in total. The van der Waals surface area contributed by atoms with Crippen molar-refractivity contribution in [2.24, 2.45) is 0 Å². The van der Waals surface area contributed by atoms with Crippen molar-refractivity contribution in [1.29, 1.82) is 0 Å². The van der Waals surface area contributed by atoms with Gasteiger partial charge in [-0.25, -0.2) is 9.50 Å². The van der Waals surface area contributed by atoms with Crippen LogP contribution in [0.25, 0.3) is 5.65 Å². The molecule has 2 aromatic rings. The van der Waals surface area contributed by atoms with Gasteiger partial charge < -0.3 is 5.32 Å². The van der Waals surface area contributed by atoms with Crippen molar-refractivity contribution in [3.05, 3.63) is 29.2 Å². The largest absolute Gasteiger partial charge is 0.317 e. The van der Waals surface area contributed by atoms with Crippen molar-refractivity contribution >= 4 is 17.2 Å². The predicted octanol–water partition coefficient (Wildman–Crippen LogP) is 1.85. The van der Waals surface area contributed by atoms with Crippen LogP contribution in [-0.4, -0.2) is 27.7 Å². The van der Waals surface area contributed by atoms with E-state index in [0.717, 1.165) is 37.3 Å². The summed E-state index contributed by atoms with van der Waals surface area (Å²) in [5.41, 5.74) is 1.84. The molecule has 5 heteroatoms. The van der Waals surface area contributed by atoms with E-state index in [-0.39, 0.29) is 0 Å². The summed E-state index contributed by atoms with van der Waals surface area (Å²) in [6.45, 7) is 2.09. The lowest BCUT2D eigenvalue weighted by Crippen LogP contribution is -2.26. The van der Waals surface area contributed by atoms with Gasteiger partial charge in [0.1, 0.15) is 0 Å². The molecule has 0 saturated carbocycles. The van der Waals surface area contributed by atoms with Gasteiger partial charge in [0.2, 0.25) is 0 Å². The maximum absolute atomic E-state index is 6.31. The quantitative estimate of drug-likeness (QED) is 0.822. The standard InChI is InChI=1S/C11H13ClN4/c12-11-10(8-3-6-13-7-4-8)15-9-2-1-5-14-16(9)11/h1-2,5,8,13H,3-4,6-7H2. The molecular formula is C11H13ClN4. The highest BCUT2D eigenvalue weighted by Gasteiger charge is 2.22. The second kappa shape index (κ2) is 4.03. The molecule has 3 heterocycles. The number of imidazole rings is 1. The smallest absolute Gasteiger partial charge is 0.155 e. The minimum absolute atomic E-state index is 0.468. The number of piperidine rings is 1. The highest BCUT2D eigenvalue weighted by molar-refractivity contribution is 6.30.